The molecule has 2 aliphatic rings. The smallest absolute Gasteiger partial charge is 0.420 e. The molecule has 0 aliphatic carbocycles. The van der Waals surface area contributed by atoms with Crippen LogP contribution in [-0.4, -0.2) is 57.5 Å². The normalized spacial score (nSPS) is 16.3. The molecule has 1 fully saturated rings. The number of benzene rings is 2. The number of thioether (sulfide) groups is 1. The molecular formula is C36H38F2N5O5S+. The largest absolute Gasteiger partial charge is 0.488 e. The minimum Gasteiger partial charge on any atom is -0.488 e. The average molecular weight is 691 g/mol. The number of hydrogen-bond acceptors (Lipinski definition) is 9. The summed E-state index contributed by atoms with van der Waals surface area (Å²) in [5.74, 6) is -3.43. The van der Waals surface area contributed by atoms with Crippen LogP contribution in [0.3, 0.4) is 0 Å². The van der Waals surface area contributed by atoms with Crippen molar-refractivity contribution in [1.82, 2.24) is 4.98 Å². The fourth-order valence-corrected chi connectivity index (χ4v) is 6.78. The Hall–Kier alpha value is -4.83. The van der Waals surface area contributed by atoms with Crippen LogP contribution in [0.5, 0.6) is 5.75 Å². The Morgan fingerprint density at radius 1 is 1.18 bits per heavy atom. The second kappa shape index (κ2) is 15.2. The van der Waals surface area contributed by atoms with Gasteiger partial charge < -0.3 is 20.1 Å². The van der Waals surface area contributed by atoms with Crippen molar-refractivity contribution < 1.29 is 37.2 Å². The van der Waals surface area contributed by atoms with Crippen LogP contribution in [0.2, 0.25) is 0 Å². The van der Waals surface area contributed by atoms with E-state index in [0.29, 0.717) is 35.2 Å². The molecule has 2 amide bonds. The van der Waals surface area contributed by atoms with Crippen LogP contribution in [0.25, 0.3) is 0 Å². The second-order valence-electron chi connectivity index (χ2n) is 13.0. The van der Waals surface area contributed by atoms with Gasteiger partial charge in [0.25, 0.3) is 0 Å². The Kier molecular flexibility index (Phi) is 11.0. The standard InChI is InChI=1S/C36H37F2N5O5S/c1-36(2,3)48-33(44)9-6-24(34(40)45)19-43-20-28-27(35(43)46)15-25(37)16-31(28)47-21-23-5-8-32(41-18-23)49-26-10-12-42(13-11-26)30-7-4-22(17-39)14-29(30)38/h4-5,7-8,14-16,18-19,24,26H,6,9-13,20-21H2,1-3H3,(H-,40,45)/p+1. The summed E-state index contributed by atoms with van der Waals surface area (Å²) in [4.78, 5) is 44.1. The lowest BCUT2D eigenvalue weighted by atomic mass is 10.0. The van der Waals surface area contributed by atoms with E-state index in [0.717, 1.165) is 29.5 Å². The zero-order valence-corrected chi connectivity index (χ0v) is 28.4. The Labute approximate surface area is 287 Å². The number of amides is 2. The number of hydrogen-bond donors (Lipinski definition) is 1. The third-order valence-corrected chi connectivity index (χ3v) is 9.42. The number of pyridine rings is 1. The van der Waals surface area contributed by atoms with E-state index in [1.165, 1.54) is 22.9 Å². The summed E-state index contributed by atoms with van der Waals surface area (Å²) < 4.78 is 41.6. The van der Waals surface area contributed by atoms with Crippen molar-refractivity contribution >= 4 is 41.4 Å². The highest BCUT2D eigenvalue weighted by atomic mass is 32.2. The fraction of sp³-hybridized carbons (Fsp3) is 0.389. The monoisotopic (exact) mass is 690 g/mol. The number of anilines is 1. The van der Waals surface area contributed by atoms with Gasteiger partial charge in [0.15, 0.2) is 12.8 Å². The molecule has 0 bridgehead atoms. The number of primary amides is 1. The Bertz CT molecular complexity index is 1810. The average Bonchev–Trinajstić information content (AvgIpc) is 3.36. The van der Waals surface area contributed by atoms with Gasteiger partial charge in [-0.3, -0.25) is 9.59 Å². The van der Waals surface area contributed by atoms with E-state index in [4.69, 9.17) is 20.5 Å². The summed E-state index contributed by atoms with van der Waals surface area (Å²) in [5, 5.41) is 10.1. The van der Waals surface area contributed by atoms with Crippen LogP contribution in [0.15, 0.2) is 53.7 Å². The molecule has 3 heterocycles. The zero-order valence-electron chi connectivity index (χ0n) is 27.6. The molecule has 3 aromatic rings. The number of ether oxygens (including phenoxy) is 2. The number of nitriles is 1. The van der Waals surface area contributed by atoms with E-state index in [9.17, 15) is 23.2 Å². The van der Waals surface area contributed by atoms with Crippen molar-refractivity contribution in [2.45, 2.75) is 75.5 Å². The fourth-order valence-electron chi connectivity index (χ4n) is 5.73. The van der Waals surface area contributed by atoms with E-state index in [-0.39, 0.29) is 43.1 Å². The van der Waals surface area contributed by atoms with Gasteiger partial charge in [-0.05, 0) is 70.4 Å². The zero-order chi connectivity index (χ0) is 35.3. The summed E-state index contributed by atoms with van der Waals surface area (Å²) >= 11 is 1.66. The number of esters is 1. The maximum Gasteiger partial charge on any atom is 0.420 e. The van der Waals surface area contributed by atoms with Crippen LogP contribution in [0.1, 0.15) is 73.5 Å². The van der Waals surface area contributed by atoms with Crippen molar-refractivity contribution in [3.8, 4) is 11.8 Å². The number of piperidine rings is 1. The van der Waals surface area contributed by atoms with Gasteiger partial charge in [-0.1, -0.05) is 6.07 Å². The van der Waals surface area contributed by atoms with Gasteiger partial charge in [-0.15, -0.1) is 11.8 Å². The molecule has 1 aromatic heterocycles. The predicted octanol–water partition coefficient (Wildman–Crippen LogP) is 5.53. The number of nitrogens with zero attached hydrogens (tertiary/aromatic N) is 4. The van der Waals surface area contributed by atoms with E-state index in [1.54, 1.807) is 50.9 Å². The minimum atomic E-state index is -0.916. The van der Waals surface area contributed by atoms with E-state index in [2.05, 4.69) is 4.98 Å². The molecule has 5 rings (SSSR count). The molecule has 0 spiro atoms. The highest BCUT2D eigenvalue weighted by Gasteiger charge is 2.37. The first-order chi connectivity index (χ1) is 23.3. The number of carbonyl (C=O) groups excluding carboxylic acids is 3. The molecule has 1 unspecified atom stereocenters. The summed E-state index contributed by atoms with van der Waals surface area (Å²) in [6.07, 6.45) is 4.76. The lowest BCUT2D eigenvalue weighted by Crippen LogP contribution is -2.35. The molecular weight excluding hydrogens is 652 g/mol. The van der Waals surface area contributed by atoms with Gasteiger partial charge in [0, 0.05) is 42.6 Å². The Balaban J connectivity index is 1.17. The number of halogens is 2. The third kappa shape index (κ3) is 9.20. The summed E-state index contributed by atoms with van der Waals surface area (Å²) in [6, 6.07) is 12.6. The first kappa shape index (κ1) is 35.5. The second-order valence-corrected chi connectivity index (χ2v) is 14.3. The van der Waals surface area contributed by atoms with E-state index < -0.39 is 35.1 Å². The maximum absolute atomic E-state index is 14.6. The van der Waals surface area contributed by atoms with E-state index >= 15 is 0 Å². The quantitative estimate of drug-likeness (QED) is 0.203. The van der Waals surface area contributed by atoms with Crippen molar-refractivity contribution in [2.24, 2.45) is 11.7 Å². The summed E-state index contributed by atoms with van der Waals surface area (Å²) in [7, 11) is 0. The summed E-state index contributed by atoms with van der Waals surface area (Å²) in [6.45, 7) is 6.73. The van der Waals surface area contributed by atoms with Crippen LogP contribution in [-0.2, 0) is 27.5 Å². The highest BCUT2D eigenvalue weighted by molar-refractivity contribution is 7.99. The maximum atomic E-state index is 14.6. The van der Waals surface area contributed by atoms with Crippen molar-refractivity contribution in [3.05, 3.63) is 82.5 Å². The van der Waals surface area contributed by atoms with Crippen LogP contribution in [0, 0.1) is 28.9 Å². The predicted molar refractivity (Wildman–Crippen MR) is 179 cm³/mol. The molecule has 1 atom stereocenters. The summed E-state index contributed by atoms with van der Waals surface area (Å²) in [5.41, 5.74) is 7.05. The SMILES string of the molecule is CC(C)(C)OC(=O)CCC(C=[N+]1Cc2c(OCc3ccc(SC4CCN(c5ccc(C#N)cc5F)CC4)nc3)cc(F)cc2C1=O)C(N)=O. The van der Waals surface area contributed by atoms with Crippen molar-refractivity contribution in [2.75, 3.05) is 18.0 Å². The number of nitrogens with two attached hydrogens (primary N) is 1. The molecule has 2 aromatic carbocycles. The van der Waals surface area contributed by atoms with Crippen LogP contribution in [0.4, 0.5) is 14.5 Å². The minimum absolute atomic E-state index is 0.0461. The van der Waals surface area contributed by atoms with Gasteiger partial charge in [0.05, 0.1) is 27.9 Å². The van der Waals surface area contributed by atoms with Crippen LogP contribution < -0.4 is 15.4 Å². The Morgan fingerprint density at radius 2 is 1.94 bits per heavy atom. The topological polar surface area (TPSA) is 139 Å². The van der Waals surface area contributed by atoms with E-state index in [1.807, 2.05) is 23.1 Å². The molecule has 256 valence electrons. The molecule has 2 N–H and O–H groups in total. The number of rotatable bonds is 11. The van der Waals surface area contributed by atoms with Crippen molar-refractivity contribution in [3.63, 3.8) is 0 Å². The van der Waals surface area contributed by atoms with Gasteiger partial charge in [-0.2, -0.15) is 9.84 Å². The number of carbonyl (C=O) groups is 3. The van der Waals surface area contributed by atoms with Gasteiger partial charge in [0.1, 0.15) is 41.1 Å². The van der Waals surface area contributed by atoms with Gasteiger partial charge in [-0.25, -0.2) is 18.6 Å². The number of aromatic nitrogens is 1. The molecule has 49 heavy (non-hydrogen) atoms. The van der Waals surface area contributed by atoms with Gasteiger partial charge in [0.2, 0.25) is 5.91 Å². The molecule has 1 saturated heterocycles. The highest BCUT2D eigenvalue weighted by Crippen LogP contribution is 2.33. The van der Waals surface area contributed by atoms with Gasteiger partial charge >= 0.3 is 11.9 Å². The molecule has 0 saturated carbocycles. The van der Waals surface area contributed by atoms with Crippen molar-refractivity contribution in [1.29, 1.82) is 5.26 Å². The Morgan fingerprint density at radius 3 is 2.57 bits per heavy atom. The molecule has 13 heteroatoms. The first-order valence-corrected chi connectivity index (χ1v) is 16.9. The molecule has 10 nitrogen and oxygen atoms in total. The molecule has 0 radical (unpaired) electrons. The van der Waals surface area contributed by atoms with Crippen LogP contribution >= 0.6 is 11.8 Å². The first-order valence-electron chi connectivity index (χ1n) is 16.0. The third-order valence-electron chi connectivity index (χ3n) is 8.14. The lowest BCUT2D eigenvalue weighted by Gasteiger charge is -2.33. The molecule has 2 aliphatic heterocycles. The number of fused-ring (bicyclic) bond motifs is 1. The lowest BCUT2D eigenvalue weighted by molar-refractivity contribution is -0.434.